The first-order chi connectivity index (χ1) is 6.80. The van der Waals surface area contributed by atoms with Crippen molar-refractivity contribution >= 4 is 0 Å². The number of nitrogens with one attached hydrogen (secondary N) is 1. The van der Waals surface area contributed by atoms with Gasteiger partial charge in [-0.15, -0.1) is 0 Å². The Kier molecular flexibility index (Phi) is 4.66. The highest BCUT2D eigenvalue weighted by Crippen LogP contribution is 2.05. The molecule has 1 N–H and O–H groups in total. The van der Waals surface area contributed by atoms with Crippen LogP contribution in [0.25, 0.3) is 0 Å². The van der Waals surface area contributed by atoms with E-state index in [1.54, 1.807) is 0 Å². The van der Waals surface area contributed by atoms with Gasteiger partial charge in [0.1, 0.15) is 0 Å². The van der Waals surface area contributed by atoms with Crippen LogP contribution in [0.1, 0.15) is 45.1 Å². The van der Waals surface area contributed by atoms with Crippen molar-refractivity contribution in [3.05, 3.63) is 17.5 Å². The van der Waals surface area contributed by atoms with Crippen molar-refractivity contribution in [1.29, 1.82) is 0 Å². The SMILES string of the molecule is CCc1cc(CNC(CC)CC)on1. The summed E-state index contributed by atoms with van der Waals surface area (Å²) in [4.78, 5) is 0. The van der Waals surface area contributed by atoms with E-state index in [1.165, 1.54) is 0 Å². The molecule has 14 heavy (non-hydrogen) atoms. The smallest absolute Gasteiger partial charge is 0.150 e. The summed E-state index contributed by atoms with van der Waals surface area (Å²) in [5.74, 6) is 0.939. The number of hydrogen-bond donors (Lipinski definition) is 1. The predicted molar refractivity (Wildman–Crippen MR) is 57.1 cm³/mol. The molecule has 0 fully saturated rings. The van der Waals surface area contributed by atoms with Crippen molar-refractivity contribution in [2.75, 3.05) is 0 Å². The standard InChI is InChI=1S/C11H20N2O/c1-4-9(5-2)12-8-11-7-10(6-3)13-14-11/h7,9,12H,4-6,8H2,1-3H3. The number of aryl methyl sites for hydroxylation is 1. The van der Waals surface area contributed by atoms with Gasteiger partial charge in [-0.25, -0.2) is 0 Å². The molecule has 1 rings (SSSR count). The van der Waals surface area contributed by atoms with E-state index in [1.807, 2.05) is 6.07 Å². The molecule has 0 unspecified atom stereocenters. The molecule has 0 saturated heterocycles. The molecular formula is C11H20N2O. The van der Waals surface area contributed by atoms with E-state index in [4.69, 9.17) is 4.52 Å². The third-order valence-corrected chi connectivity index (χ3v) is 2.52. The molecule has 0 amide bonds. The predicted octanol–water partition coefficient (Wildman–Crippen LogP) is 2.52. The lowest BCUT2D eigenvalue weighted by Gasteiger charge is -2.12. The van der Waals surface area contributed by atoms with Crippen LogP contribution >= 0.6 is 0 Å². The van der Waals surface area contributed by atoms with Gasteiger partial charge in [-0.1, -0.05) is 25.9 Å². The molecule has 1 aromatic rings. The molecular weight excluding hydrogens is 176 g/mol. The summed E-state index contributed by atoms with van der Waals surface area (Å²) < 4.78 is 5.18. The molecule has 0 aromatic carbocycles. The third kappa shape index (κ3) is 3.14. The molecule has 1 heterocycles. The van der Waals surface area contributed by atoms with Gasteiger partial charge < -0.3 is 9.84 Å². The fourth-order valence-electron chi connectivity index (χ4n) is 1.43. The van der Waals surface area contributed by atoms with E-state index in [2.05, 4.69) is 31.2 Å². The van der Waals surface area contributed by atoms with Gasteiger partial charge in [0.05, 0.1) is 12.2 Å². The van der Waals surface area contributed by atoms with E-state index in [0.717, 1.165) is 37.3 Å². The summed E-state index contributed by atoms with van der Waals surface area (Å²) in [6.45, 7) is 7.26. The largest absolute Gasteiger partial charge is 0.360 e. The van der Waals surface area contributed by atoms with Crippen molar-refractivity contribution in [3.8, 4) is 0 Å². The fraction of sp³-hybridized carbons (Fsp3) is 0.727. The summed E-state index contributed by atoms with van der Waals surface area (Å²) in [6, 6.07) is 2.61. The summed E-state index contributed by atoms with van der Waals surface area (Å²) >= 11 is 0. The molecule has 80 valence electrons. The molecule has 0 saturated carbocycles. The normalized spacial score (nSPS) is 11.1. The Bertz CT molecular complexity index is 254. The first kappa shape index (κ1) is 11.2. The van der Waals surface area contributed by atoms with Gasteiger partial charge in [-0.05, 0) is 19.3 Å². The van der Waals surface area contributed by atoms with E-state index < -0.39 is 0 Å². The third-order valence-electron chi connectivity index (χ3n) is 2.52. The first-order valence-electron chi connectivity index (χ1n) is 5.47. The molecule has 0 aliphatic heterocycles. The number of aromatic nitrogens is 1. The maximum atomic E-state index is 5.18. The molecule has 1 aromatic heterocycles. The maximum absolute atomic E-state index is 5.18. The Hall–Kier alpha value is -0.830. The van der Waals surface area contributed by atoms with Crippen LogP contribution in [0.4, 0.5) is 0 Å². The number of nitrogens with zero attached hydrogens (tertiary/aromatic N) is 1. The Balaban J connectivity index is 2.37. The van der Waals surface area contributed by atoms with Gasteiger partial charge in [0.15, 0.2) is 5.76 Å². The highest BCUT2D eigenvalue weighted by Gasteiger charge is 2.05. The van der Waals surface area contributed by atoms with E-state index >= 15 is 0 Å². The second-order valence-electron chi connectivity index (χ2n) is 3.53. The van der Waals surface area contributed by atoms with Crippen LogP contribution < -0.4 is 5.32 Å². The molecule has 0 aliphatic carbocycles. The summed E-state index contributed by atoms with van der Waals surface area (Å²) in [5.41, 5.74) is 1.03. The molecule has 3 heteroatoms. The molecule has 0 radical (unpaired) electrons. The van der Waals surface area contributed by atoms with E-state index in [0.29, 0.717) is 6.04 Å². The van der Waals surface area contributed by atoms with Crippen LogP contribution in [-0.2, 0) is 13.0 Å². The van der Waals surface area contributed by atoms with Crippen LogP contribution in [-0.4, -0.2) is 11.2 Å². The number of rotatable bonds is 6. The van der Waals surface area contributed by atoms with Crippen LogP contribution in [0, 0.1) is 0 Å². The fourth-order valence-corrected chi connectivity index (χ4v) is 1.43. The van der Waals surface area contributed by atoms with Crippen molar-refractivity contribution in [2.24, 2.45) is 0 Å². The topological polar surface area (TPSA) is 38.1 Å². The zero-order valence-electron chi connectivity index (χ0n) is 9.34. The van der Waals surface area contributed by atoms with Gasteiger partial charge >= 0.3 is 0 Å². The maximum Gasteiger partial charge on any atom is 0.150 e. The highest BCUT2D eigenvalue weighted by atomic mass is 16.5. The quantitative estimate of drug-likeness (QED) is 0.759. The van der Waals surface area contributed by atoms with Crippen molar-refractivity contribution in [1.82, 2.24) is 10.5 Å². The average molecular weight is 196 g/mol. The second kappa shape index (κ2) is 5.81. The monoisotopic (exact) mass is 196 g/mol. The molecule has 0 aliphatic rings. The zero-order valence-corrected chi connectivity index (χ0v) is 9.34. The molecule has 0 spiro atoms. The Morgan fingerprint density at radius 1 is 1.36 bits per heavy atom. The van der Waals surface area contributed by atoms with Crippen LogP contribution in [0.15, 0.2) is 10.6 Å². The molecule has 0 atom stereocenters. The van der Waals surface area contributed by atoms with E-state index in [-0.39, 0.29) is 0 Å². The zero-order chi connectivity index (χ0) is 10.4. The second-order valence-corrected chi connectivity index (χ2v) is 3.53. The van der Waals surface area contributed by atoms with E-state index in [9.17, 15) is 0 Å². The summed E-state index contributed by atoms with van der Waals surface area (Å²) in [7, 11) is 0. The molecule has 0 bridgehead atoms. The Morgan fingerprint density at radius 2 is 2.07 bits per heavy atom. The van der Waals surface area contributed by atoms with Crippen molar-refractivity contribution in [3.63, 3.8) is 0 Å². The first-order valence-corrected chi connectivity index (χ1v) is 5.47. The Morgan fingerprint density at radius 3 is 2.57 bits per heavy atom. The van der Waals surface area contributed by atoms with Gasteiger partial charge in [0.2, 0.25) is 0 Å². The van der Waals surface area contributed by atoms with Crippen LogP contribution in [0.3, 0.4) is 0 Å². The van der Waals surface area contributed by atoms with Gasteiger partial charge in [0.25, 0.3) is 0 Å². The lowest BCUT2D eigenvalue weighted by molar-refractivity contribution is 0.354. The van der Waals surface area contributed by atoms with Gasteiger partial charge in [-0.3, -0.25) is 0 Å². The van der Waals surface area contributed by atoms with Crippen molar-refractivity contribution in [2.45, 2.75) is 52.6 Å². The minimum Gasteiger partial charge on any atom is -0.360 e. The Labute approximate surface area is 85.9 Å². The average Bonchev–Trinajstić information content (AvgIpc) is 2.67. The summed E-state index contributed by atoms with van der Waals surface area (Å²) in [6.07, 6.45) is 3.25. The molecule has 3 nitrogen and oxygen atoms in total. The summed E-state index contributed by atoms with van der Waals surface area (Å²) in [5, 5.41) is 7.39. The lowest BCUT2D eigenvalue weighted by Crippen LogP contribution is -2.26. The van der Waals surface area contributed by atoms with Gasteiger partial charge in [-0.2, -0.15) is 0 Å². The lowest BCUT2D eigenvalue weighted by atomic mass is 10.2. The minimum absolute atomic E-state index is 0.588. The van der Waals surface area contributed by atoms with Crippen LogP contribution in [0.5, 0.6) is 0 Å². The van der Waals surface area contributed by atoms with Gasteiger partial charge in [0, 0.05) is 12.1 Å². The highest BCUT2D eigenvalue weighted by molar-refractivity contribution is 5.04. The van der Waals surface area contributed by atoms with Crippen LogP contribution in [0.2, 0.25) is 0 Å². The number of hydrogen-bond acceptors (Lipinski definition) is 3. The minimum atomic E-state index is 0.588. The van der Waals surface area contributed by atoms with Crippen molar-refractivity contribution < 1.29 is 4.52 Å².